The van der Waals surface area contributed by atoms with Crippen LogP contribution in [0.5, 0.6) is 0 Å². The smallest absolute Gasteiger partial charge is 0.221 e. The highest BCUT2D eigenvalue weighted by atomic mass is 16.1. The molecule has 0 aliphatic heterocycles. The van der Waals surface area contributed by atoms with E-state index in [4.69, 9.17) is 0 Å². The first-order chi connectivity index (χ1) is 11.3. The minimum atomic E-state index is 0.0819. The highest BCUT2D eigenvalue weighted by molar-refractivity contribution is 5.81. The van der Waals surface area contributed by atoms with Gasteiger partial charge in [0.05, 0.1) is 6.54 Å². The van der Waals surface area contributed by atoms with Crippen LogP contribution in [0.15, 0.2) is 4.99 Å². The summed E-state index contributed by atoms with van der Waals surface area (Å²) in [5.41, 5.74) is 0. The maximum absolute atomic E-state index is 11.8. The van der Waals surface area contributed by atoms with E-state index in [1.165, 1.54) is 0 Å². The van der Waals surface area contributed by atoms with Crippen molar-refractivity contribution in [2.75, 3.05) is 26.2 Å². The molecule has 0 spiro atoms. The van der Waals surface area contributed by atoms with Gasteiger partial charge in [0.25, 0.3) is 0 Å². The number of nitrogens with zero attached hydrogens (tertiary/aromatic N) is 2. The van der Waals surface area contributed by atoms with Crippen LogP contribution in [0.25, 0.3) is 0 Å². The molecule has 0 aliphatic carbocycles. The zero-order valence-electron chi connectivity index (χ0n) is 16.8. The average molecular weight is 342 g/mol. The normalized spacial score (nSPS) is 13.5. The van der Waals surface area contributed by atoms with E-state index < -0.39 is 0 Å². The number of amides is 1. The van der Waals surface area contributed by atoms with E-state index in [9.17, 15) is 4.79 Å². The third-order valence-corrected chi connectivity index (χ3v) is 3.96. The summed E-state index contributed by atoms with van der Waals surface area (Å²) in [6.07, 6.45) is 1.41. The van der Waals surface area contributed by atoms with Crippen LogP contribution in [-0.4, -0.2) is 61.1 Å². The summed E-state index contributed by atoms with van der Waals surface area (Å²) < 4.78 is 0. The maximum Gasteiger partial charge on any atom is 0.221 e. The van der Waals surface area contributed by atoms with E-state index >= 15 is 0 Å². The van der Waals surface area contributed by atoms with Crippen LogP contribution in [-0.2, 0) is 4.79 Å². The second-order valence-corrected chi connectivity index (χ2v) is 6.74. The molecule has 0 radical (unpaired) electrons. The van der Waals surface area contributed by atoms with Crippen LogP contribution in [0, 0.1) is 0 Å². The van der Waals surface area contributed by atoms with Crippen LogP contribution >= 0.6 is 0 Å². The first-order valence-electron chi connectivity index (χ1n) is 9.39. The van der Waals surface area contributed by atoms with Gasteiger partial charge < -0.3 is 16.0 Å². The Morgan fingerprint density at radius 2 is 1.67 bits per heavy atom. The van der Waals surface area contributed by atoms with E-state index in [0.717, 1.165) is 32.0 Å². The Hall–Kier alpha value is -1.30. The van der Waals surface area contributed by atoms with Gasteiger partial charge in [0, 0.05) is 44.2 Å². The average Bonchev–Trinajstić information content (AvgIpc) is 2.50. The molecule has 6 heteroatoms. The highest BCUT2D eigenvalue weighted by Gasteiger charge is 2.12. The van der Waals surface area contributed by atoms with Gasteiger partial charge in [-0.3, -0.25) is 14.7 Å². The number of aliphatic imine (C=N–C) groups is 1. The molecule has 0 heterocycles. The number of rotatable bonds is 11. The van der Waals surface area contributed by atoms with Gasteiger partial charge in [0.2, 0.25) is 5.91 Å². The van der Waals surface area contributed by atoms with Crippen molar-refractivity contribution in [3.8, 4) is 0 Å². The summed E-state index contributed by atoms with van der Waals surface area (Å²) in [5, 5.41) is 9.44. The van der Waals surface area contributed by atoms with Gasteiger partial charge in [-0.05, 0) is 48.0 Å². The highest BCUT2D eigenvalue weighted by Crippen LogP contribution is 2.03. The molecular weight excluding hydrogens is 302 g/mol. The molecular formula is C18H39N5O. The minimum absolute atomic E-state index is 0.0819. The number of carbonyl (C=O) groups is 1. The van der Waals surface area contributed by atoms with E-state index in [2.05, 4.69) is 60.5 Å². The molecule has 24 heavy (non-hydrogen) atoms. The summed E-state index contributed by atoms with van der Waals surface area (Å²) >= 11 is 0. The molecule has 0 saturated heterocycles. The van der Waals surface area contributed by atoms with Gasteiger partial charge in [-0.25, -0.2) is 0 Å². The fourth-order valence-corrected chi connectivity index (χ4v) is 2.48. The van der Waals surface area contributed by atoms with Crippen LogP contribution < -0.4 is 16.0 Å². The van der Waals surface area contributed by atoms with Crippen LogP contribution in [0.3, 0.4) is 0 Å². The Morgan fingerprint density at radius 1 is 1.04 bits per heavy atom. The third-order valence-electron chi connectivity index (χ3n) is 3.96. The van der Waals surface area contributed by atoms with Crippen molar-refractivity contribution in [2.45, 2.75) is 79.4 Å². The second-order valence-electron chi connectivity index (χ2n) is 6.74. The molecule has 0 aliphatic rings. The Labute approximate surface area is 148 Å². The summed E-state index contributed by atoms with van der Waals surface area (Å²) in [6.45, 7) is 18.0. The minimum Gasteiger partial charge on any atom is -0.357 e. The number of nitrogens with one attached hydrogen (secondary N) is 3. The Balaban J connectivity index is 4.30. The predicted octanol–water partition coefficient (Wildman–Crippen LogP) is 1.97. The van der Waals surface area contributed by atoms with Crippen molar-refractivity contribution in [1.82, 2.24) is 20.9 Å². The SMILES string of the molecule is CCNC(=NCCN(C(C)C)C(C)C)NCCC(=O)NC(C)CC. The molecule has 0 aromatic heterocycles. The van der Waals surface area contributed by atoms with Crippen molar-refractivity contribution in [2.24, 2.45) is 4.99 Å². The number of carbonyl (C=O) groups excluding carboxylic acids is 1. The monoisotopic (exact) mass is 341 g/mol. The molecule has 0 saturated carbocycles. The first kappa shape index (κ1) is 22.7. The third kappa shape index (κ3) is 10.5. The van der Waals surface area contributed by atoms with Crippen molar-refractivity contribution >= 4 is 11.9 Å². The molecule has 1 amide bonds. The molecule has 0 aromatic carbocycles. The molecule has 142 valence electrons. The number of hydrogen-bond donors (Lipinski definition) is 3. The zero-order valence-corrected chi connectivity index (χ0v) is 16.8. The largest absolute Gasteiger partial charge is 0.357 e. The van der Waals surface area contributed by atoms with Gasteiger partial charge in [-0.2, -0.15) is 0 Å². The summed E-state index contributed by atoms with van der Waals surface area (Å²) in [6, 6.07) is 1.26. The molecule has 6 nitrogen and oxygen atoms in total. The topological polar surface area (TPSA) is 68.8 Å². The molecule has 0 aromatic rings. The second kappa shape index (κ2) is 13.0. The molecule has 3 N–H and O–H groups in total. The van der Waals surface area contributed by atoms with Gasteiger partial charge >= 0.3 is 0 Å². The summed E-state index contributed by atoms with van der Waals surface area (Å²) in [4.78, 5) is 18.8. The van der Waals surface area contributed by atoms with Crippen molar-refractivity contribution in [3.05, 3.63) is 0 Å². The van der Waals surface area contributed by atoms with E-state index in [-0.39, 0.29) is 11.9 Å². The summed E-state index contributed by atoms with van der Waals surface area (Å²) in [5.74, 6) is 0.861. The van der Waals surface area contributed by atoms with Crippen molar-refractivity contribution < 1.29 is 4.79 Å². The molecule has 0 fully saturated rings. The lowest BCUT2D eigenvalue weighted by molar-refractivity contribution is -0.121. The van der Waals surface area contributed by atoms with E-state index in [1.54, 1.807) is 0 Å². The number of guanidine groups is 1. The van der Waals surface area contributed by atoms with Crippen LogP contribution in [0.1, 0.15) is 61.3 Å². The quantitative estimate of drug-likeness (QED) is 0.397. The lowest BCUT2D eigenvalue weighted by Gasteiger charge is -2.29. The van der Waals surface area contributed by atoms with Gasteiger partial charge in [-0.1, -0.05) is 6.92 Å². The summed E-state index contributed by atoms with van der Waals surface area (Å²) in [7, 11) is 0. The fraction of sp³-hybridized carbons (Fsp3) is 0.889. The van der Waals surface area contributed by atoms with Crippen LogP contribution in [0.2, 0.25) is 0 Å². The lowest BCUT2D eigenvalue weighted by atomic mass is 10.2. The van der Waals surface area contributed by atoms with E-state index in [0.29, 0.717) is 25.0 Å². The standard InChI is InChI=1S/C18H39N5O/c1-8-16(7)22-17(24)10-11-20-18(19-9-2)21-12-13-23(14(3)4)15(5)6/h14-16H,8-13H2,1-7H3,(H,22,24)(H2,19,20,21). The Bertz CT molecular complexity index is 360. The van der Waals surface area contributed by atoms with E-state index in [1.807, 2.05) is 13.8 Å². The van der Waals surface area contributed by atoms with Gasteiger partial charge in [0.15, 0.2) is 5.96 Å². The molecule has 0 rings (SSSR count). The predicted molar refractivity (Wildman–Crippen MR) is 103 cm³/mol. The van der Waals surface area contributed by atoms with Gasteiger partial charge in [0.1, 0.15) is 0 Å². The zero-order chi connectivity index (χ0) is 18.5. The molecule has 1 atom stereocenters. The van der Waals surface area contributed by atoms with Crippen LogP contribution in [0.4, 0.5) is 0 Å². The maximum atomic E-state index is 11.8. The Morgan fingerprint density at radius 3 is 2.17 bits per heavy atom. The van der Waals surface area contributed by atoms with Crippen molar-refractivity contribution in [3.63, 3.8) is 0 Å². The van der Waals surface area contributed by atoms with Crippen molar-refractivity contribution in [1.29, 1.82) is 0 Å². The fourth-order valence-electron chi connectivity index (χ4n) is 2.48. The molecule has 0 bridgehead atoms. The first-order valence-corrected chi connectivity index (χ1v) is 9.39. The number of hydrogen-bond acceptors (Lipinski definition) is 3. The Kier molecular flexibility index (Phi) is 12.3. The molecule has 1 unspecified atom stereocenters. The lowest BCUT2D eigenvalue weighted by Crippen LogP contribution is -2.42. The van der Waals surface area contributed by atoms with Gasteiger partial charge in [-0.15, -0.1) is 0 Å².